The average Bonchev–Trinajstić information content (AvgIpc) is 2.42. The Labute approximate surface area is 90.4 Å². The molecule has 0 unspecified atom stereocenters. The number of aromatic carboxylic acids is 1. The molecule has 3 N–H and O–H groups in total. The number of nitrogens with zero attached hydrogens (tertiary/aromatic N) is 1. The van der Waals surface area contributed by atoms with Gasteiger partial charge in [-0.05, 0) is 25.5 Å². The number of pyridine rings is 1. The monoisotopic (exact) mass is 222 g/mol. The molecule has 4 nitrogen and oxygen atoms in total. The Balaban J connectivity index is 2.88. The van der Waals surface area contributed by atoms with Gasteiger partial charge < -0.3 is 10.8 Å². The van der Waals surface area contributed by atoms with E-state index < -0.39 is 5.97 Å². The Kier molecular flexibility index (Phi) is 2.12. The quantitative estimate of drug-likeness (QED) is 0.775. The molecule has 5 heteroatoms. The Morgan fingerprint density at radius 3 is 2.80 bits per heavy atom. The molecule has 0 atom stereocenters. The van der Waals surface area contributed by atoms with Crippen molar-refractivity contribution in [3.63, 3.8) is 0 Å². The summed E-state index contributed by atoms with van der Waals surface area (Å²) in [7, 11) is 0. The second kappa shape index (κ2) is 3.20. The van der Waals surface area contributed by atoms with Crippen LogP contribution in [-0.4, -0.2) is 16.1 Å². The maximum Gasteiger partial charge on any atom is 0.348 e. The smallest absolute Gasteiger partial charge is 0.348 e. The van der Waals surface area contributed by atoms with Crippen molar-refractivity contribution >= 4 is 33.2 Å². The van der Waals surface area contributed by atoms with E-state index in [0.29, 0.717) is 10.5 Å². The van der Waals surface area contributed by atoms with Gasteiger partial charge in [-0.2, -0.15) is 0 Å². The Hall–Kier alpha value is -1.62. The first-order chi connectivity index (χ1) is 7.00. The molecule has 0 spiro atoms. The van der Waals surface area contributed by atoms with Crippen LogP contribution in [0.4, 0.5) is 5.69 Å². The van der Waals surface area contributed by atoms with Crippen molar-refractivity contribution < 1.29 is 9.90 Å². The number of aryl methyl sites for hydroxylation is 2. The minimum atomic E-state index is -0.993. The van der Waals surface area contributed by atoms with Crippen LogP contribution in [0.1, 0.15) is 20.9 Å². The molecular formula is C10H10N2O2S. The lowest BCUT2D eigenvalue weighted by atomic mass is 10.1. The molecule has 2 aromatic heterocycles. The molecule has 0 fully saturated rings. The van der Waals surface area contributed by atoms with Gasteiger partial charge in [0, 0.05) is 11.1 Å². The number of hydrogen-bond donors (Lipinski definition) is 2. The van der Waals surface area contributed by atoms with Gasteiger partial charge in [0.1, 0.15) is 9.71 Å². The van der Waals surface area contributed by atoms with Gasteiger partial charge in [0.05, 0.1) is 5.69 Å². The molecule has 2 heterocycles. The van der Waals surface area contributed by atoms with Gasteiger partial charge in [0.2, 0.25) is 0 Å². The first-order valence-electron chi connectivity index (χ1n) is 4.40. The minimum absolute atomic E-state index is 0.172. The Morgan fingerprint density at radius 2 is 2.20 bits per heavy atom. The van der Waals surface area contributed by atoms with Gasteiger partial charge in [-0.1, -0.05) is 0 Å². The third-order valence-corrected chi connectivity index (χ3v) is 3.31. The van der Waals surface area contributed by atoms with Gasteiger partial charge in [-0.25, -0.2) is 9.78 Å². The first-order valence-corrected chi connectivity index (χ1v) is 5.22. The van der Waals surface area contributed by atoms with E-state index in [2.05, 4.69) is 4.98 Å². The molecule has 0 amide bonds. The fraction of sp³-hybridized carbons (Fsp3) is 0.200. The lowest BCUT2D eigenvalue weighted by Gasteiger charge is -1.99. The molecule has 0 radical (unpaired) electrons. The number of fused-ring (bicyclic) bond motifs is 1. The molecule has 2 rings (SSSR count). The highest BCUT2D eigenvalue weighted by Crippen LogP contribution is 2.34. The van der Waals surface area contributed by atoms with E-state index in [9.17, 15) is 4.79 Å². The van der Waals surface area contributed by atoms with Crippen molar-refractivity contribution in [2.75, 3.05) is 5.73 Å². The second-order valence-corrected chi connectivity index (χ2v) is 4.41. The standard InChI is InChI=1S/C10H10N2O2S/c1-4-3-5(2)12-9-6(4)7(11)8(15-9)10(13)14/h3H,11H2,1-2H3,(H,13,14). The fourth-order valence-corrected chi connectivity index (χ4v) is 2.68. The van der Waals surface area contributed by atoms with Crippen LogP contribution in [0.25, 0.3) is 10.2 Å². The van der Waals surface area contributed by atoms with Crippen LogP contribution in [0.15, 0.2) is 6.07 Å². The summed E-state index contributed by atoms with van der Waals surface area (Å²) in [6.45, 7) is 3.79. The minimum Gasteiger partial charge on any atom is -0.477 e. The number of anilines is 1. The lowest BCUT2D eigenvalue weighted by Crippen LogP contribution is -1.97. The number of hydrogen-bond acceptors (Lipinski definition) is 4. The molecule has 78 valence electrons. The molecule has 15 heavy (non-hydrogen) atoms. The van der Waals surface area contributed by atoms with E-state index >= 15 is 0 Å². The predicted octanol–water partition coefficient (Wildman–Crippen LogP) is 2.19. The van der Waals surface area contributed by atoms with E-state index in [4.69, 9.17) is 10.8 Å². The molecule has 0 saturated heterocycles. The summed E-state index contributed by atoms with van der Waals surface area (Å²) in [6, 6.07) is 1.90. The predicted molar refractivity (Wildman–Crippen MR) is 60.5 cm³/mol. The Morgan fingerprint density at radius 1 is 1.53 bits per heavy atom. The van der Waals surface area contributed by atoms with Gasteiger partial charge in [0.25, 0.3) is 0 Å². The van der Waals surface area contributed by atoms with Gasteiger partial charge >= 0.3 is 5.97 Å². The van der Waals surface area contributed by atoms with Crippen LogP contribution in [0.2, 0.25) is 0 Å². The summed E-state index contributed by atoms with van der Waals surface area (Å²) >= 11 is 1.12. The molecule has 2 aromatic rings. The molecule has 0 aromatic carbocycles. The van der Waals surface area contributed by atoms with Crippen molar-refractivity contribution in [3.8, 4) is 0 Å². The van der Waals surface area contributed by atoms with E-state index in [0.717, 1.165) is 28.0 Å². The van der Waals surface area contributed by atoms with Crippen LogP contribution in [-0.2, 0) is 0 Å². The number of aromatic nitrogens is 1. The summed E-state index contributed by atoms with van der Waals surface area (Å²) < 4.78 is 0. The highest BCUT2D eigenvalue weighted by molar-refractivity contribution is 7.21. The first kappa shape index (κ1) is 9.92. The molecule has 0 aliphatic carbocycles. The Bertz CT molecular complexity index is 560. The number of carboxylic acid groups (broad SMARTS) is 1. The van der Waals surface area contributed by atoms with Crippen molar-refractivity contribution in [1.82, 2.24) is 4.98 Å². The maximum atomic E-state index is 10.9. The lowest BCUT2D eigenvalue weighted by molar-refractivity contribution is 0.0703. The number of carbonyl (C=O) groups is 1. The van der Waals surface area contributed by atoms with Crippen LogP contribution in [0.5, 0.6) is 0 Å². The number of carboxylic acids is 1. The highest BCUT2D eigenvalue weighted by atomic mass is 32.1. The normalized spacial score (nSPS) is 10.8. The fourth-order valence-electron chi connectivity index (χ4n) is 1.63. The zero-order valence-electron chi connectivity index (χ0n) is 8.37. The van der Waals surface area contributed by atoms with Crippen LogP contribution < -0.4 is 5.73 Å². The maximum absolute atomic E-state index is 10.9. The summed E-state index contributed by atoms with van der Waals surface area (Å²) in [5.41, 5.74) is 7.95. The zero-order valence-corrected chi connectivity index (χ0v) is 9.18. The van der Waals surface area contributed by atoms with Crippen molar-refractivity contribution in [2.45, 2.75) is 13.8 Å². The zero-order chi connectivity index (χ0) is 11.2. The average molecular weight is 222 g/mol. The van der Waals surface area contributed by atoms with Crippen LogP contribution in [0.3, 0.4) is 0 Å². The van der Waals surface area contributed by atoms with Crippen LogP contribution in [0, 0.1) is 13.8 Å². The summed E-state index contributed by atoms with van der Waals surface area (Å²) in [6.07, 6.45) is 0. The number of nitrogen functional groups attached to an aromatic ring is 1. The van der Waals surface area contributed by atoms with Crippen LogP contribution >= 0.6 is 11.3 Å². The van der Waals surface area contributed by atoms with E-state index in [-0.39, 0.29) is 4.88 Å². The summed E-state index contributed by atoms with van der Waals surface area (Å²) in [4.78, 5) is 16.0. The molecular weight excluding hydrogens is 212 g/mol. The van der Waals surface area contributed by atoms with Gasteiger partial charge in [-0.15, -0.1) is 11.3 Å². The number of thiophene rings is 1. The third-order valence-electron chi connectivity index (χ3n) is 2.22. The number of rotatable bonds is 1. The summed E-state index contributed by atoms with van der Waals surface area (Å²) in [5, 5.41) is 9.70. The number of nitrogens with two attached hydrogens (primary N) is 1. The largest absolute Gasteiger partial charge is 0.477 e. The molecule has 0 saturated carbocycles. The molecule has 0 aliphatic heterocycles. The van der Waals surface area contributed by atoms with E-state index in [1.54, 1.807) is 0 Å². The van der Waals surface area contributed by atoms with Crippen molar-refractivity contribution in [3.05, 3.63) is 22.2 Å². The van der Waals surface area contributed by atoms with E-state index in [1.807, 2.05) is 19.9 Å². The molecule has 0 bridgehead atoms. The third kappa shape index (κ3) is 1.45. The van der Waals surface area contributed by atoms with Crippen molar-refractivity contribution in [2.24, 2.45) is 0 Å². The molecule has 0 aliphatic rings. The second-order valence-electron chi connectivity index (χ2n) is 3.41. The topological polar surface area (TPSA) is 76.2 Å². The van der Waals surface area contributed by atoms with Crippen molar-refractivity contribution in [1.29, 1.82) is 0 Å². The summed E-state index contributed by atoms with van der Waals surface area (Å²) in [5.74, 6) is -0.993. The van der Waals surface area contributed by atoms with Gasteiger partial charge in [0.15, 0.2) is 0 Å². The van der Waals surface area contributed by atoms with Gasteiger partial charge in [-0.3, -0.25) is 0 Å². The SMILES string of the molecule is Cc1cc(C)c2c(N)c(C(=O)O)sc2n1. The highest BCUT2D eigenvalue weighted by Gasteiger charge is 2.17. The van der Waals surface area contributed by atoms with E-state index in [1.165, 1.54) is 0 Å².